The van der Waals surface area contributed by atoms with Gasteiger partial charge in [0.05, 0.1) is 25.2 Å². The van der Waals surface area contributed by atoms with Gasteiger partial charge in [-0.15, -0.1) is 0 Å². The molecule has 0 radical (unpaired) electrons. The molecule has 1 atom stereocenters. The van der Waals surface area contributed by atoms with Crippen molar-refractivity contribution in [3.8, 4) is 0 Å². The minimum atomic E-state index is -4.36. The van der Waals surface area contributed by atoms with E-state index in [0.717, 1.165) is 29.6 Å². The molecule has 1 unspecified atom stereocenters. The molecule has 9 nitrogen and oxygen atoms in total. The summed E-state index contributed by atoms with van der Waals surface area (Å²) in [5.41, 5.74) is 1.56. The molecule has 5 rings (SSSR count). The monoisotopic (exact) mass is 462 g/mol. The summed E-state index contributed by atoms with van der Waals surface area (Å²) in [5.74, 6) is 1.17. The van der Waals surface area contributed by atoms with Crippen molar-refractivity contribution in [2.24, 2.45) is 0 Å². The lowest BCUT2D eigenvalue weighted by Crippen LogP contribution is -2.38. The quantitative estimate of drug-likeness (QED) is 0.572. The molecule has 2 fully saturated rings. The number of imidazole rings is 1. The van der Waals surface area contributed by atoms with E-state index in [1.807, 2.05) is 11.0 Å². The molecule has 12 heteroatoms. The number of ether oxygens (including phenoxy) is 1. The van der Waals surface area contributed by atoms with Gasteiger partial charge in [0, 0.05) is 38.3 Å². The Hall–Kier alpha value is -2.86. The Balaban J connectivity index is 1.47. The number of halogens is 3. The van der Waals surface area contributed by atoms with Crippen LogP contribution in [-0.4, -0.2) is 80.0 Å². The van der Waals surface area contributed by atoms with E-state index >= 15 is 0 Å². The maximum absolute atomic E-state index is 13.2. The standard InChI is InChI=1S/C21H25F3N8O/c22-21(23,24)12-32-14-27-17-19(31-6-8-33-9-7-31)28-18(29-20(17)32)15-2-1-5-30(10-15)11-16-3-4-25-13-26-16/h3-4,13-15H,1-2,5-12H2. The van der Waals surface area contributed by atoms with Crippen LogP contribution in [0, 0.1) is 0 Å². The van der Waals surface area contributed by atoms with Crippen LogP contribution in [-0.2, 0) is 17.8 Å². The van der Waals surface area contributed by atoms with Crippen molar-refractivity contribution in [3.05, 3.63) is 36.4 Å². The SMILES string of the molecule is FC(F)(F)Cn1cnc2c(N3CCOCC3)nc(C3CCCN(Cc4ccncn4)C3)nc21. The van der Waals surface area contributed by atoms with Gasteiger partial charge in [0.1, 0.15) is 18.7 Å². The fraction of sp³-hybridized carbons (Fsp3) is 0.571. The largest absolute Gasteiger partial charge is 0.406 e. The lowest BCUT2D eigenvalue weighted by atomic mass is 9.97. The summed E-state index contributed by atoms with van der Waals surface area (Å²) in [5, 5.41) is 0. The molecule has 176 valence electrons. The van der Waals surface area contributed by atoms with E-state index in [-0.39, 0.29) is 11.6 Å². The lowest BCUT2D eigenvalue weighted by Gasteiger charge is -2.33. The minimum absolute atomic E-state index is 0.0130. The third-order valence-electron chi connectivity index (χ3n) is 6.02. The molecule has 0 aromatic carbocycles. The van der Waals surface area contributed by atoms with Crippen molar-refractivity contribution in [1.29, 1.82) is 0 Å². The minimum Gasteiger partial charge on any atom is -0.378 e. The number of anilines is 1. The molecule has 5 heterocycles. The zero-order chi connectivity index (χ0) is 22.8. The first-order chi connectivity index (χ1) is 16.0. The van der Waals surface area contributed by atoms with Crippen LogP contribution in [0.1, 0.15) is 30.3 Å². The summed E-state index contributed by atoms with van der Waals surface area (Å²) in [4.78, 5) is 26.3. The Bertz CT molecular complexity index is 1080. The van der Waals surface area contributed by atoms with Gasteiger partial charge in [0.25, 0.3) is 0 Å². The highest BCUT2D eigenvalue weighted by atomic mass is 19.4. The molecule has 0 saturated carbocycles. The Morgan fingerprint density at radius 3 is 2.70 bits per heavy atom. The normalized spacial score (nSPS) is 20.5. The zero-order valence-electron chi connectivity index (χ0n) is 18.1. The molecule has 3 aromatic rings. The van der Waals surface area contributed by atoms with E-state index in [9.17, 15) is 13.2 Å². The van der Waals surface area contributed by atoms with Gasteiger partial charge in [0.15, 0.2) is 17.0 Å². The number of piperidine rings is 1. The van der Waals surface area contributed by atoms with Crippen LogP contribution in [0.2, 0.25) is 0 Å². The summed E-state index contributed by atoms with van der Waals surface area (Å²) >= 11 is 0. The van der Waals surface area contributed by atoms with E-state index in [0.29, 0.717) is 56.6 Å². The summed E-state index contributed by atoms with van der Waals surface area (Å²) in [6.45, 7) is 3.50. The van der Waals surface area contributed by atoms with Gasteiger partial charge in [-0.05, 0) is 25.5 Å². The fourth-order valence-corrected chi connectivity index (χ4v) is 4.48. The Kier molecular flexibility index (Phi) is 6.11. The maximum Gasteiger partial charge on any atom is 0.406 e. The Morgan fingerprint density at radius 2 is 1.94 bits per heavy atom. The number of aromatic nitrogens is 6. The van der Waals surface area contributed by atoms with Gasteiger partial charge in [-0.2, -0.15) is 13.2 Å². The number of alkyl halides is 3. The number of rotatable bonds is 5. The highest BCUT2D eigenvalue weighted by Crippen LogP contribution is 2.31. The topological polar surface area (TPSA) is 85.1 Å². The maximum atomic E-state index is 13.2. The average molecular weight is 462 g/mol. The number of fused-ring (bicyclic) bond motifs is 1. The summed E-state index contributed by atoms with van der Waals surface area (Å²) < 4.78 is 46.1. The smallest absolute Gasteiger partial charge is 0.378 e. The van der Waals surface area contributed by atoms with Gasteiger partial charge < -0.3 is 14.2 Å². The second-order valence-corrected chi connectivity index (χ2v) is 8.44. The molecular weight excluding hydrogens is 437 g/mol. The molecule has 0 amide bonds. The van der Waals surface area contributed by atoms with Gasteiger partial charge >= 0.3 is 6.18 Å². The predicted molar refractivity (Wildman–Crippen MR) is 114 cm³/mol. The van der Waals surface area contributed by atoms with Crippen molar-refractivity contribution < 1.29 is 17.9 Å². The van der Waals surface area contributed by atoms with E-state index in [1.54, 1.807) is 6.20 Å². The molecule has 2 aliphatic heterocycles. The van der Waals surface area contributed by atoms with Crippen molar-refractivity contribution in [1.82, 2.24) is 34.4 Å². The summed E-state index contributed by atoms with van der Waals surface area (Å²) in [7, 11) is 0. The Morgan fingerprint density at radius 1 is 1.09 bits per heavy atom. The molecule has 0 aliphatic carbocycles. The Labute approximate surface area is 188 Å². The average Bonchev–Trinajstić information content (AvgIpc) is 3.21. The zero-order valence-corrected chi connectivity index (χ0v) is 18.1. The van der Waals surface area contributed by atoms with Crippen LogP contribution in [0.5, 0.6) is 0 Å². The van der Waals surface area contributed by atoms with Crippen molar-refractivity contribution >= 4 is 17.0 Å². The summed E-state index contributed by atoms with van der Waals surface area (Å²) in [6, 6.07) is 1.89. The van der Waals surface area contributed by atoms with Crippen LogP contribution in [0.25, 0.3) is 11.2 Å². The number of morpholine rings is 1. The van der Waals surface area contributed by atoms with Gasteiger partial charge in [-0.1, -0.05) is 0 Å². The highest BCUT2D eigenvalue weighted by Gasteiger charge is 2.31. The van der Waals surface area contributed by atoms with E-state index in [2.05, 4.69) is 24.8 Å². The molecule has 3 aromatic heterocycles. The first kappa shape index (κ1) is 22.0. The predicted octanol–water partition coefficient (Wildman–Crippen LogP) is 2.39. The molecule has 0 spiro atoms. The van der Waals surface area contributed by atoms with Gasteiger partial charge in [-0.25, -0.2) is 24.9 Å². The molecule has 2 saturated heterocycles. The van der Waals surface area contributed by atoms with E-state index in [4.69, 9.17) is 9.72 Å². The van der Waals surface area contributed by atoms with Crippen molar-refractivity contribution in [3.63, 3.8) is 0 Å². The third-order valence-corrected chi connectivity index (χ3v) is 6.02. The second-order valence-electron chi connectivity index (χ2n) is 8.44. The van der Waals surface area contributed by atoms with Crippen molar-refractivity contribution in [2.45, 2.75) is 38.0 Å². The van der Waals surface area contributed by atoms with E-state index < -0.39 is 12.7 Å². The van der Waals surface area contributed by atoms with E-state index in [1.165, 1.54) is 12.7 Å². The molecule has 0 bridgehead atoms. The molecular formula is C21H25F3N8O. The highest BCUT2D eigenvalue weighted by molar-refractivity contribution is 5.83. The number of hydrogen-bond donors (Lipinski definition) is 0. The van der Waals surface area contributed by atoms with Crippen molar-refractivity contribution in [2.75, 3.05) is 44.3 Å². The van der Waals surface area contributed by atoms with Crippen LogP contribution in [0.15, 0.2) is 24.9 Å². The first-order valence-corrected chi connectivity index (χ1v) is 11.1. The van der Waals surface area contributed by atoms with Crippen LogP contribution >= 0.6 is 0 Å². The number of nitrogens with zero attached hydrogens (tertiary/aromatic N) is 8. The first-order valence-electron chi connectivity index (χ1n) is 11.1. The molecule has 2 aliphatic rings. The van der Waals surface area contributed by atoms with Crippen LogP contribution in [0.4, 0.5) is 19.0 Å². The summed E-state index contributed by atoms with van der Waals surface area (Å²) in [6.07, 6.45) is 1.93. The second kappa shape index (κ2) is 9.18. The number of likely N-dealkylation sites (tertiary alicyclic amines) is 1. The lowest BCUT2D eigenvalue weighted by molar-refractivity contribution is -0.140. The van der Waals surface area contributed by atoms with Gasteiger partial charge in [0.2, 0.25) is 0 Å². The fourth-order valence-electron chi connectivity index (χ4n) is 4.48. The van der Waals surface area contributed by atoms with Gasteiger partial charge in [-0.3, -0.25) is 4.90 Å². The number of hydrogen-bond acceptors (Lipinski definition) is 8. The van der Waals surface area contributed by atoms with Crippen LogP contribution < -0.4 is 4.90 Å². The third kappa shape index (κ3) is 5.06. The molecule has 33 heavy (non-hydrogen) atoms. The van der Waals surface area contributed by atoms with Crippen LogP contribution in [0.3, 0.4) is 0 Å². The molecule has 0 N–H and O–H groups in total.